The zero-order chi connectivity index (χ0) is 14.9. The summed E-state index contributed by atoms with van der Waals surface area (Å²) < 4.78 is 56.2. The second kappa shape index (κ2) is 5.18. The molecular formula is C12H13F4N3O. The first kappa shape index (κ1) is 14.4. The number of benzene rings is 1. The molecule has 0 aliphatic heterocycles. The highest BCUT2D eigenvalue weighted by Crippen LogP contribution is 2.28. The molecule has 0 fully saturated rings. The molecule has 0 unspecified atom stereocenters. The van der Waals surface area contributed by atoms with Crippen molar-refractivity contribution >= 4 is 17.0 Å². The van der Waals surface area contributed by atoms with Gasteiger partial charge in [-0.05, 0) is 6.42 Å². The van der Waals surface area contributed by atoms with Crippen molar-refractivity contribution in [3.63, 3.8) is 0 Å². The molecular weight excluding hydrogens is 278 g/mol. The number of alkyl halides is 3. The lowest BCUT2D eigenvalue weighted by Crippen LogP contribution is -2.10. The third kappa shape index (κ3) is 2.94. The number of halogens is 4. The molecule has 0 saturated heterocycles. The number of nitrogens with zero attached hydrogens (tertiary/aromatic N) is 2. The minimum Gasteiger partial charge on any atom is -0.494 e. The molecule has 1 heterocycles. The highest BCUT2D eigenvalue weighted by molar-refractivity contribution is 5.80. The van der Waals surface area contributed by atoms with E-state index in [1.54, 1.807) is 0 Å². The molecule has 0 atom stereocenters. The Morgan fingerprint density at radius 3 is 2.65 bits per heavy atom. The van der Waals surface area contributed by atoms with Gasteiger partial charge in [-0.2, -0.15) is 13.2 Å². The molecule has 2 N–H and O–H groups in total. The zero-order valence-corrected chi connectivity index (χ0v) is 10.7. The molecule has 2 rings (SSSR count). The van der Waals surface area contributed by atoms with Gasteiger partial charge in [-0.15, -0.1) is 0 Å². The molecule has 0 saturated carbocycles. The number of hydrogen-bond donors (Lipinski definition) is 1. The normalized spacial score (nSPS) is 12.1. The molecule has 0 aliphatic rings. The first-order valence-corrected chi connectivity index (χ1v) is 5.88. The van der Waals surface area contributed by atoms with Crippen LogP contribution in [0.15, 0.2) is 12.1 Å². The number of aromatic nitrogens is 2. The second-order valence-corrected chi connectivity index (χ2v) is 4.32. The second-order valence-electron chi connectivity index (χ2n) is 4.32. The summed E-state index contributed by atoms with van der Waals surface area (Å²) in [7, 11) is 1.30. The van der Waals surface area contributed by atoms with E-state index in [1.165, 1.54) is 17.7 Å². The van der Waals surface area contributed by atoms with Crippen LogP contribution in [0.4, 0.5) is 23.5 Å². The Morgan fingerprint density at radius 2 is 2.05 bits per heavy atom. The van der Waals surface area contributed by atoms with E-state index in [4.69, 9.17) is 10.5 Å². The summed E-state index contributed by atoms with van der Waals surface area (Å²) >= 11 is 0. The zero-order valence-electron chi connectivity index (χ0n) is 10.7. The fraction of sp³-hybridized carbons (Fsp3) is 0.417. The number of aryl methyl sites for hydroxylation is 1. The minimum atomic E-state index is -4.21. The van der Waals surface area contributed by atoms with Crippen molar-refractivity contribution in [2.24, 2.45) is 0 Å². The van der Waals surface area contributed by atoms with Crippen LogP contribution < -0.4 is 10.5 Å². The predicted molar refractivity (Wildman–Crippen MR) is 65.9 cm³/mol. The first-order chi connectivity index (χ1) is 9.31. The van der Waals surface area contributed by atoms with E-state index in [0.717, 1.165) is 6.07 Å². The monoisotopic (exact) mass is 291 g/mol. The molecule has 2 aromatic rings. The average Bonchev–Trinajstić information content (AvgIpc) is 2.62. The van der Waals surface area contributed by atoms with Crippen LogP contribution in [0.1, 0.15) is 12.8 Å². The lowest BCUT2D eigenvalue weighted by atomic mass is 10.2. The maximum absolute atomic E-state index is 13.5. The Bertz CT molecular complexity index is 621. The Hall–Kier alpha value is -1.99. The van der Waals surface area contributed by atoms with Gasteiger partial charge in [0.1, 0.15) is 0 Å². The van der Waals surface area contributed by atoms with E-state index in [1.807, 2.05) is 0 Å². The average molecular weight is 291 g/mol. The number of methoxy groups -OCH3 is 1. The number of imidazole rings is 1. The lowest BCUT2D eigenvalue weighted by molar-refractivity contribution is -0.135. The number of anilines is 1. The molecule has 0 bridgehead atoms. The van der Waals surface area contributed by atoms with E-state index in [2.05, 4.69) is 4.98 Å². The van der Waals surface area contributed by atoms with Crippen LogP contribution in [0.5, 0.6) is 5.75 Å². The molecule has 4 nitrogen and oxygen atoms in total. The molecule has 0 spiro atoms. The predicted octanol–water partition coefficient (Wildman–Crippen LogP) is 3.11. The summed E-state index contributed by atoms with van der Waals surface area (Å²) in [5, 5.41) is 0. The standard InChI is InChI=1S/C12H13F4N3O/c1-20-10-6-9-8(5-7(10)13)18-11(17)19(9)4-2-3-12(14,15)16/h5-6H,2-4H2,1H3,(H2,17,18). The summed E-state index contributed by atoms with van der Waals surface area (Å²) in [5.41, 5.74) is 6.38. The Morgan fingerprint density at radius 1 is 1.35 bits per heavy atom. The van der Waals surface area contributed by atoms with E-state index in [9.17, 15) is 17.6 Å². The maximum atomic E-state index is 13.5. The van der Waals surface area contributed by atoms with Crippen molar-refractivity contribution in [1.82, 2.24) is 9.55 Å². The Balaban J connectivity index is 2.30. The highest BCUT2D eigenvalue weighted by atomic mass is 19.4. The van der Waals surface area contributed by atoms with Crippen LogP contribution in [0, 0.1) is 5.82 Å². The van der Waals surface area contributed by atoms with Crippen LogP contribution in [0.2, 0.25) is 0 Å². The highest BCUT2D eigenvalue weighted by Gasteiger charge is 2.26. The van der Waals surface area contributed by atoms with Crippen molar-refractivity contribution in [2.45, 2.75) is 25.6 Å². The summed E-state index contributed by atoms with van der Waals surface area (Å²) in [4.78, 5) is 3.93. The van der Waals surface area contributed by atoms with Gasteiger partial charge >= 0.3 is 6.18 Å². The van der Waals surface area contributed by atoms with Crippen LogP contribution in [0.25, 0.3) is 11.0 Å². The Labute approximate surface area is 112 Å². The number of hydrogen-bond acceptors (Lipinski definition) is 3. The molecule has 1 aromatic carbocycles. The van der Waals surface area contributed by atoms with E-state index in [0.29, 0.717) is 5.52 Å². The van der Waals surface area contributed by atoms with Gasteiger partial charge in [0, 0.05) is 25.1 Å². The number of rotatable bonds is 4. The molecule has 0 radical (unpaired) electrons. The van der Waals surface area contributed by atoms with Crippen molar-refractivity contribution in [3.05, 3.63) is 17.9 Å². The Kier molecular flexibility index (Phi) is 3.74. The van der Waals surface area contributed by atoms with Crippen molar-refractivity contribution in [3.8, 4) is 5.75 Å². The van der Waals surface area contributed by atoms with E-state index in [-0.39, 0.29) is 30.2 Å². The number of nitrogen functional groups attached to an aromatic ring is 1. The SMILES string of the molecule is COc1cc2c(cc1F)nc(N)n2CCCC(F)(F)F. The molecule has 0 aliphatic carbocycles. The minimum absolute atomic E-state index is 0.00512. The van der Waals surface area contributed by atoms with E-state index >= 15 is 0 Å². The van der Waals surface area contributed by atoms with Crippen molar-refractivity contribution in [2.75, 3.05) is 12.8 Å². The van der Waals surface area contributed by atoms with Gasteiger partial charge in [0.05, 0.1) is 18.1 Å². The summed E-state index contributed by atoms with van der Waals surface area (Å²) in [6, 6.07) is 2.52. The fourth-order valence-corrected chi connectivity index (χ4v) is 1.97. The van der Waals surface area contributed by atoms with Crippen molar-refractivity contribution in [1.29, 1.82) is 0 Å². The third-order valence-corrected chi connectivity index (χ3v) is 2.89. The number of ether oxygens (including phenoxy) is 1. The van der Waals surface area contributed by atoms with E-state index < -0.39 is 18.4 Å². The summed E-state index contributed by atoms with van der Waals surface area (Å²) in [5.74, 6) is -0.552. The summed E-state index contributed by atoms with van der Waals surface area (Å²) in [6.45, 7) is 0.0522. The third-order valence-electron chi connectivity index (χ3n) is 2.89. The molecule has 1 aromatic heterocycles. The quantitative estimate of drug-likeness (QED) is 0.881. The topological polar surface area (TPSA) is 53.1 Å². The summed E-state index contributed by atoms with van der Waals surface area (Å²) in [6.07, 6.45) is -5.25. The molecule has 20 heavy (non-hydrogen) atoms. The fourth-order valence-electron chi connectivity index (χ4n) is 1.97. The first-order valence-electron chi connectivity index (χ1n) is 5.88. The van der Waals surface area contributed by atoms with Crippen molar-refractivity contribution < 1.29 is 22.3 Å². The van der Waals surface area contributed by atoms with Crippen LogP contribution in [-0.2, 0) is 6.54 Å². The van der Waals surface area contributed by atoms with Crippen LogP contribution in [-0.4, -0.2) is 22.8 Å². The van der Waals surface area contributed by atoms with Gasteiger partial charge in [-0.25, -0.2) is 9.37 Å². The smallest absolute Gasteiger partial charge is 0.389 e. The molecule has 110 valence electrons. The number of fused-ring (bicyclic) bond motifs is 1. The largest absolute Gasteiger partial charge is 0.494 e. The molecule has 8 heteroatoms. The lowest BCUT2D eigenvalue weighted by Gasteiger charge is -2.09. The van der Waals surface area contributed by atoms with Crippen LogP contribution >= 0.6 is 0 Å². The molecule has 0 amide bonds. The van der Waals surface area contributed by atoms with Gasteiger partial charge in [0.15, 0.2) is 11.6 Å². The maximum Gasteiger partial charge on any atom is 0.389 e. The van der Waals surface area contributed by atoms with Gasteiger partial charge in [0.25, 0.3) is 0 Å². The van der Waals surface area contributed by atoms with Gasteiger partial charge in [-0.3, -0.25) is 0 Å². The van der Waals surface area contributed by atoms with Gasteiger partial charge < -0.3 is 15.0 Å². The number of nitrogens with two attached hydrogens (primary N) is 1. The van der Waals surface area contributed by atoms with Gasteiger partial charge in [-0.1, -0.05) is 0 Å². The van der Waals surface area contributed by atoms with Crippen LogP contribution in [0.3, 0.4) is 0 Å². The van der Waals surface area contributed by atoms with Gasteiger partial charge in [0.2, 0.25) is 5.95 Å².